The average molecular weight is 332 g/mol. The third-order valence-corrected chi connectivity index (χ3v) is 4.95. The van der Waals surface area contributed by atoms with Crippen LogP contribution in [0, 0.1) is 0 Å². The number of benzene rings is 2. The highest BCUT2D eigenvalue weighted by Gasteiger charge is 2.28. The second kappa shape index (κ2) is 5.88. The van der Waals surface area contributed by atoms with Crippen LogP contribution in [0.4, 0.5) is 5.69 Å². The van der Waals surface area contributed by atoms with Gasteiger partial charge in [0.25, 0.3) is 5.56 Å². The second-order valence-electron chi connectivity index (χ2n) is 6.49. The lowest BCUT2D eigenvalue weighted by molar-refractivity contribution is 0.104. The van der Waals surface area contributed by atoms with Crippen molar-refractivity contribution in [3.8, 4) is 11.1 Å². The molecular formula is C21H20N2O2. The summed E-state index contributed by atoms with van der Waals surface area (Å²) >= 11 is 0. The molecule has 126 valence electrons. The minimum absolute atomic E-state index is 0.0198. The maximum atomic E-state index is 13.2. The molecule has 4 rings (SSSR count). The van der Waals surface area contributed by atoms with Crippen molar-refractivity contribution in [1.29, 1.82) is 0 Å². The number of ketones is 1. The summed E-state index contributed by atoms with van der Waals surface area (Å²) in [7, 11) is 1.75. The van der Waals surface area contributed by atoms with Crippen LogP contribution in [0.2, 0.25) is 0 Å². The van der Waals surface area contributed by atoms with Crippen LogP contribution in [0.5, 0.6) is 0 Å². The Bertz CT molecular complexity index is 1060. The molecule has 0 radical (unpaired) electrons. The van der Waals surface area contributed by atoms with E-state index in [1.54, 1.807) is 17.7 Å². The second-order valence-corrected chi connectivity index (χ2v) is 6.49. The van der Waals surface area contributed by atoms with Crippen LogP contribution in [0.1, 0.15) is 35.7 Å². The predicted octanol–water partition coefficient (Wildman–Crippen LogP) is 3.96. The summed E-state index contributed by atoms with van der Waals surface area (Å²) in [5.74, 6) is 0.0198. The van der Waals surface area contributed by atoms with Gasteiger partial charge >= 0.3 is 0 Å². The van der Waals surface area contributed by atoms with Crippen molar-refractivity contribution in [3.05, 3.63) is 63.9 Å². The fourth-order valence-electron chi connectivity index (χ4n) is 3.60. The van der Waals surface area contributed by atoms with Gasteiger partial charge in [0.1, 0.15) is 0 Å². The minimum Gasteiger partial charge on any atom is -0.384 e. The van der Waals surface area contributed by atoms with E-state index in [0.717, 1.165) is 47.1 Å². The molecule has 2 aromatic carbocycles. The number of aromatic nitrogens is 1. The van der Waals surface area contributed by atoms with Crippen LogP contribution in [0.15, 0.2) is 47.3 Å². The van der Waals surface area contributed by atoms with E-state index in [1.165, 1.54) is 0 Å². The number of anilines is 1. The zero-order chi connectivity index (χ0) is 17.6. The molecule has 0 saturated carbocycles. The van der Waals surface area contributed by atoms with E-state index in [9.17, 15) is 9.59 Å². The molecule has 1 heterocycles. The molecule has 0 bridgehead atoms. The number of pyridine rings is 1. The molecule has 0 atom stereocenters. The Morgan fingerprint density at radius 3 is 2.52 bits per heavy atom. The molecule has 1 N–H and O–H groups in total. The van der Waals surface area contributed by atoms with E-state index < -0.39 is 0 Å². The number of carbonyl (C=O) groups excluding carboxylic acids is 1. The average Bonchev–Trinajstić information content (AvgIpc) is 2.63. The van der Waals surface area contributed by atoms with Gasteiger partial charge in [-0.25, -0.2) is 0 Å². The Balaban J connectivity index is 2.08. The third-order valence-electron chi connectivity index (χ3n) is 4.95. The first kappa shape index (κ1) is 15.6. The number of carbonyl (C=O) groups is 1. The van der Waals surface area contributed by atoms with Gasteiger partial charge < -0.3 is 9.88 Å². The highest BCUT2D eigenvalue weighted by atomic mass is 16.1. The predicted molar refractivity (Wildman–Crippen MR) is 101 cm³/mol. The van der Waals surface area contributed by atoms with Crippen LogP contribution < -0.4 is 10.9 Å². The molecule has 1 aliphatic rings. The van der Waals surface area contributed by atoms with Gasteiger partial charge in [0.05, 0.1) is 11.1 Å². The molecule has 0 saturated heterocycles. The topological polar surface area (TPSA) is 51.1 Å². The van der Waals surface area contributed by atoms with Crippen LogP contribution in [0.3, 0.4) is 0 Å². The van der Waals surface area contributed by atoms with Crippen molar-refractivity contribution in [3.63, 3.8) is 0 Å². The summed E-state index contributed by atoms with van der Waals surface area (Å²) < 4.78 is 1.61. The van der Waals surface area contributed by atoms with Gasteiger partial charge in [-0.3, -0.25) is 9.59 Å². The molecule has 25 heavy (non-hydrogen) atoms. The molecule has 4 heteroatoms. The Kier molecular flexibility index (Phi) is 3.68. The van der Waals surface area contributed by atoms with Gasteiger partial charge in [-0.1, -0.05) is 37.6 Å². The van der Waals surface area contributed by atoms with E-state index in [2.05, 4.69) is 12.2 Å². The molecule has 0 unspecified atom stereocenters. The maximum absolute atomic E-state index is 13.2. The highest BCUT2D eigenvalue weighted by Crippen LogP contribution is 2.41. The number of fused-ring (bicyclic) bond motifs is 2. The molecule has 1 aliphatic carbocycles. The molecule has 0 aliphatic heterocycles. The fourth-order valence-corrected chi connectivity index (χ4v) is 3.60. The number of hydrogen-bond acceptors (Lipinski definition) is 3. The van der Waals surface area contributed by atoms with E-state index >= 15 is 0 Å². The summed E-state index contributed by atoms with van der Waals surface area (Å²) in [5, 5.41) is 4.27. The van der Waals surface area contributed by atoms with Gasteiger partial charge in [0.2, 0.25) is 0 Å². The summed E-state index contributed by atoms with van der Waals surface area (Å²) in [4.78, 5) is 25.6. The summed E-state index contributed by atoms with van der Waals surface area (Å²) in [6, 6.07) is 13.0. The molecular weight excluding hydrogens is 312 g/mol. The van der Waals surface area contributed by atoms with Crippen LogP contribution in [-0.2, 0) is 7.05 Å². The smallest absolute Gasteiger partial charge is 0.251 e. The van der Waals surface area contributed by atoms with Gasteiger partial charge in [-0.2, -0.15) is 0 Å². The van der Waals surface area contributed by atoms with Gasteiger partial charge in [-0.15, -0.1) is 0 Å². The number of aryl methyl sites for hydroxylation is 1. The lowest BCUT2D eigenvalue weighted by atomic mass is 9.83. The molecule has 0 amide bonds. The van der Waals surface area contributed by atoms with Crippen molar-refractivity contribution in [2.24, 2.45) is 7.05 Å². The molecule has 1 aromatic heterocycles. The molecule has 3 aromatic rings. The standard InChI is InChI=1S/C21H20N2O2/c1-3-4-11-22-16-9-10-17-19-15(12-18(24)23(17)2)13-7-5-6-8-14(13)21(25)20(16)19/h5-10,12,22H,3-4,11H2,1-2H3. The summed E-state index contributed by atoms with van der Waals surface area (Å²) in [6.07, 6.45) is 2.13. The molecule has 0 spiro atoms. The van der Waals surface area contributed by atoms with Crippen molar-refractivity contribution < 1.29 is 4.79 Å². The van der Waals surface area contributed by atoms with Crippen LogP contribution in [0.25, 0.3) is 22.0 Å². The Labute approximate surface area is 146 Å². The Morgan fingerprint density at radius 2 is 1.76 bits per heavy atom. The Morgan fingerprint density at radius 1 is 1.00 bits per heavy atom. The van der Waals surface area contributed by atoms with Crippen molar-refractivity contribution in [2.45, 2.75) is 19.8 Å². The number of hydrogen-bond donors (Lipinski definition) is 1. The zero-order valence-corrected chi connectivity index (χ0v) is 14.4. The summed E-state index contributed by atoms with van der Waals surface area (Å²) in [5.41, 5.74) is 4.61. The van der Waals surface area contributed by atoms with Crippen molar-refractivity contribution >= 4 is 22.4 Å². The largest absolute Gasteiger partial charge is 0.384 e. The SMILES string of the molecule is CCCCNc1ccc2c3c(cc(=O)n2C)-c2ccccc2C(=O)c13. The first-order chi connectivity index (χ1) is 12.1. The van der Waals surface area contributed by atoms with E-state index in [0.29, 0.717) is 11.1 Å². The number of nitrogens with one attached hydrogen (secondary N) is 1. The first-order valence-electron chi connectivity index (χ1n) is 8.68. The Hall–Kier alpha value is -2.88. The van der Waals surface area contributed by atoms with E-state index in [-0.39, 0.29) is 11.3 Å². The zero-order valence-electron chi connectivity index (χ0n) is 14.4. The van der Waals surface area contributed by atoms with Gasteiger partial charge in [-0.05, 0) is 29.7 Å². The lowest BCUT2D eigenvalue weighted by Gasteiger charge is -2.23. The van der Waals surface area contributed by atoms with Crippen molar-refractivity contribution in [2.75, 3.05) is 11.9 Å². The number of nitrogens with zero attached hydrogens (tertiary/aromatic N) is 1. The van der Waals surface area contributed by atoms with E-state index in [1.807, 2.05) is 36.4 Å². The van der Waals surface area contributed by atoms with E-state index in [4.69, 9.17) is 0 Å². The number of unbranched alkanes of at least 4 members (excludes halogenated alkanes) is 1. The molecule has 4 nitrogen and oxygen atoms in total. The number of rotatable bonds is 4. The minimum atomic E-state index is -0.0655. The highest BCUT2D eigenvalue weighted by molar-refractivity contribution is 6.28. The fraction of sp³-hybridized carbons (Fsp3) is 0.238. The maximum Gasteiger partial charge on any atom is 0.251 e. The monoisotopic (exact) mass is 332 g/mol. The lowest BCUT2D eigenvalue weighted by Crippen LogP contribution is -2.21. The summed E-state index contributed by atoms with van der Waals surface area (Å²) in [6.45, 7) is 2.96. The van der Waals surface area contributed by atoms with Crippen molar-refractivity contribution in [1.82, 2.24) is 4.57 Å². The first-order valence-corrected chi connectivity index (χ1v) is 8.68. The van der Waals surface area contributed by atoms with Gasteiger partial charge in [0.15, 0.2) is 5.78 Å². The van der Waals surface area contributed by atoms with Crippen LogP contribution >= 0.6 is 0 Å². The quantitative estimate of drug-likeness (QED) is 0.576. The van der Waals surface area contributed by atoms with Crippen LogP contribution in [-0.4, -0.2) is 16.9 Å². The van der Waals surface area contributed by atoms with Gasteiger partial charge in [0, 0.05) is 36.3 Å². The molecule has 0 fully saturated rings. The third kappa shape index (κ3) is 2.29. The normalized spacial score (nSPS) is 12.3.